The van der Waals surface area contributed by atoms with Crippen LogP contribution in [-0.2, 0) is 0 Å². The van der Waals surface area contributed by atoms with Crippen LogP contribution < -0.4 is 10.8 Å². The SMILES string of the molecule is N=[N+]=N.N[N+](=O)[O-]. The van der Waals surface area contributed by atoms with Gasteiger partial charge in [-0.2, -0.15) is 5.84 Å². The number of hydrogen-bond acceptors (Lipinski definition) is 4. The van der Waals surface area contributed by atoms with Crippen LogP contribution in [0.4, 0.5) is 0 Å². The summed E-state index contributed by atoms with van der Waals surface area (Å²) < 4.78 is 0. The van der Waals surface area contributed by atoms with Gasteiger partial charge in [0.25, 0.3) is 0 Å². The van der Waals surface area contributed by atoms with Gasteiger partial charge in [0, 0.05) is 0 Å². The Kier molecular flexibility index (Phi) is 11.5. The van der Waals surface area contributed by atoms with E-state index in [1.807, 2.05) is 4.91 Å². The zero-order chi connectivity index (χ0) is 6.28. The second-order valence-electron chi connectivity index (χ2n) is 0.397. The number of nitrogens with one attached hydrogen (secondary N) is 2. The fourth-order valence-corrected chi connectivity index (χ4v) is 0. The molecular weight excluding hydrogens is 102 g/mol. The highest BCUT2D eigenvalue weighted by atomic mass is 16.7. The first-order chi connectivity index (χ1) is 3.15. The van der Waals surface area contributed by atoms with E-state index in [1.165, 1.54) is 0 Å². The summed E-state index contributed by atoms with van der Waals surface area (Å²) in [6.45, 7) is 0. The Hall–Kier alpha value is -1.49. The van der Waals surface area contributed by atoms with E-state index in [0.29, 0.717) is 0 Å². The van der Waals surface area contributed by atoms with Crippen molar-refractivity contribution in [2.75, 3.05) is 0 Å². The van der Waals surface area contributed by atoms with Crippen LogP contribution in [0.3, 0.4) is 0 Å². The highest BCUT2D eigenvalue weighted by Crippen LogP contribution is 1.29. The molecule has 0 aromatic rings. The summed E-state index contributed by atoms with van der Waals surface area (Å²) in [4.78, 5) is 10.6. The van der Waals surface area contributed by atoms with Crippen LogP contribution in [-0.4, -0.2) is 5.03 Å². The predicted molar refractivity (Wildman–Crippen MR) is 18.8 cm³/mol. The zero-order valence-electron chi connectivity index (χ0n) is 3.29. The second-order valence-corrected chi connectivity index (χ2v) is 0.397. The molecule has 0 aromatic heterocycles. The summed E-state index contributed by atoms with van der Waals surface area (Å²) in [7, 11) is 0. The molecule has 7 heteroatoms. The van der Waals surface area contributed by atoms with Gasteiger partial charge in [-0.1, -0.05) is 0 Å². The number of nitrogens with zero attached hydrogens (tertiary/aromatic N) is 2. The van der Waals surface area contributed by atoms with E-state index < -0.39 is 5.03 Å². The molecule has 0 heterocycles. The average molecular weight is 106 g/mol. The lowest BCUT2D eigenvalue weighted by Crippen LogP contribution is -2.04. The third kappa shape index (κ3) is 12.8. The van der Waals surface area contributed by atoms with Crippen molar-refractivity contribution in [2.45, 2.75) is 0 Å². The Morgan fingerprint density at radius 1 is 1.71 bits per heavy atom. The van der Waals surface area contributed by atoms with E-state index in [0.717, 1.165) is 0 Å². The summed E-state index contributed by atoms with van der Waals surface area (Å²) in [5, 5.41) is 7.58. The first kappa shape index (κ1) is 9.10. The number of hydrogen-bond donors (Lipinski definition) is 3. The first-order valence-electron chi connectivity index (χ1n) is 1.07. The normalized spacial score (nSPS) is 4.57. The van der Waals surface area contributed by atoms with Crippen LogP contribution in [0.5, 0.6) is 0 Å². The van der Waals surface area contributed by atoms with Gasteiger partial charge < -0.3 is 0 Å². The first-order valence-corrected chi connectivity index (χ1v) is 1.07. The predicted octanol–water partition coefficient (Wildman–Crippen LogP) is -0.748. The van der Waals surface area contributed by atoms with E-state index in [4.69, 9.17) is 21.2 Å². The molecule has 0 fully saturated rings. The third-order valence-electron chi connectivity index (χ3n) is 0. The topological polar surface area (TPSA) is 131 Å². The van der Waals surface area contributed by atoms with E-state index in [2.05, 4.69) is 5.84 Å². The van der Waals surface area contributed by atoms with Crippen molar-refractivity contribution in [3.05, 3.63) is 10.1 Å². The Bertz CT molecular complexity index is 74.1. The second kappa shape index (κ2) is 8.82. The minimum absolute atomic E-state index is 1.00. The number of nitrogens with two attached hydrogens (primary N) is 1. The highest BCUT2D eigenvalue weighted by molar-refractivity contribution is 3.87. The summed E-state index contributed by atoms with van der Waals surface area (Å²) >= 11 is 0. The van der Waals surface area contributed by atoms with Gasteiger partial charge in [-0.05, 0) is 0 Å². The van der Waals surface area contributed by atoms with Gasteiger partial charge in [-0.15, -0.1) is 0 Å². The smallest absolute Gasteiger partial charge is 0.211 e. The molecule has 0 amide bonds. The molecule has 0 aromatic carbocycles. The van der Waals surface area contributed by atoms with Crippen LogP contribution in [0.1, 0.15) is 0 Å². The molecule has 0 unspecified atom stereocenters. The van der Waals surface area contributed by atoms with Gasteiger partial charge in [0.15, 0.2) is 5.03 Å². The number of nitro groups is 1. The minimum atomic E-state index is -1.00. The van der Waals surface area contributed by atoms with Crippen LogP contribution in [0.25, 0.3) is 0 Å². The zero-order valence-corrected chi connectivity index (χ0v) is 3.29. The van der Waals surface area contributed by atoms with Crippen LogP contribution in [0, 0.1) is 21.2 Å². The molecule has 0 aliphatic carbocycles. The van der Waals surface area contributed by atoms with Gasteiger partial charge in [0.05, 0.1) is 0 Å². The van der Waals surface area contributed by atoms with Gasteiger partial charge in [0.1, 0.15) is 11.1 Å². The average Bonchev–Trinajstić information content (AvgIpc) is 1.33. The van der Waals surface area contributed by atoms with Crippen molar-refractivity contribution in [3.8, 4) is 0 Å². The standard InChI is InChI=1S/H2N3.H2N2O2/c1-3-2;1-2(3)4/h1-2H;1H2/q+1;. The molecule has 40 valence electrons. The van der Waals surface area contributed by atoms with E-state index in [-0.39, 0.29) is 0 Å². The molecule has 0 atom stereocenters. The maximum Gasteiger partial charge on any atom is 0.211 e. The van der Waals surface area contributed by atoms with Crippen molar-refractivity contribution in [1.82, 2.24) is 4.91 Å². The molecule has 7 heavy (non-hydrogen) atoms. The Morgan fingerprint density at radius 3 is 1.71 bits per heavy atom. The van der Waals surface area contributed by atoms with Crippen LogP contribution >= 0.6 is 0 Å². The summed E-state index contributed by atoms with van der Waals surface area (Å²) in [5.41, 5.74) is 11.0. The van der Waals surface area contributed by atoms with Crippen molar-refractivity contribution in [3.63, 3.8) is 0 Å². The maximum atomic E-state index is 8.58. The van der Waals surface area contributed by atoms with Gasteiger partial charge >= 0.3 is 0 Å². The number of hydrazine groups is 1. The lowest BCUT2D eigenvalue weighted by atomic mass is 12.8. The molecule has 7 nitrogen and oxygen atoms in total. The van der Waals surface area contributed by atoms with Crippen LogP contribution in [0.2, 0.25) is 0 Å². The Balaban J connectivity index is 0. The molecule has 0 saturated carbocycles. The number of rotatable bonds is 0. The molecule has 0 bridgehead atoms. The van der Waals surface area contributed by atoms with Crippen LogP contribution in [0.15, 0.2) is 0 Å². The molecule has 0 spiro atoms. The molecule has 0 aliphatic rings. The summed E-state index contributed by atoms with van der Waals surface area (Å²) in [6.07, 6.45) is 0. The fourth-order valence-electron chi connectivity index (χ4n) is 0. The largest absolute Gasteiger partial charge is 0.235 e. The lowest BCUT2D eigenvalue weighted by Gasteiger charge is -1.61. The third-order valence-corrected chi connectivity index (χ3v) is 0. The van der Waals surface area contributed by atoms with E-state index >= 15 is 0 Å². The molecule has 4 N–H and O–H groups in total. The van der Waals surface area contributed by atoms with E-state index in [9.17, 15) is 0 Å². The fraction of sp³-hybridized carbons (Fsp3) is 0. The van der Waals surface area contributed by atoms with Crippen molar-refractivity contribution in [1.29, 1.82) is 11.1 Å². The summed E-state index contributed by atoms with van der Waals surface area (Å²) in [6, 6.07) is 0. The molecule has 0 aliphatic heterocycles. The molecular formula is H4N5O2+. The maximum absolute atomic E-state index is 8.58. The molecule has 0 saturated heterocycles. The van der Waals surface area contributed by atoms with Crippen molar-refractivity contribution in [2.24, 2.45) is 5.84 Å². The lowest BCUT2D eigenvalue weighted by molar-refractivity contribution is -0.491. The van der Waals surface area contributed by atoms with Gasteiger partial charge in [-0.25, -0.2) is 10.1 Å². The Morgan fingerprint density at radius 2 is 1.71 bits per heavy atom. The van der Waals surface area contributed by atoms with Gasteiger partial charge in [-0.3, -0.25) is 0 Å². The minimum Gasteiger partial charge on any atom is -0.235 e. The monoisotopic (exact) mass is 106 g/mol. The van der Waals surface area contributed by atoms with E-state index in [1.54, 1.807) is 0 Å². The van der Waals surface area contributed by atoms with Crippen molar-refractivity contribution < 1.29 is 5.03 Å². The van der Waals surface area contributed by atoms with Crippen molar-refractivity contribution >= 4 is 0 Å². The summed E-state index contributed by atoms with van der Waals surface area (Å²) in [5.74, 6) is 3.83. The molecule has 0 rings (SSSR count). The van der Waals surface area contributed by atoms with Gasteiger partial charge in [0.2, 0.25) is 4.91 Å². The Labute approximate surface area is 38.3 Å². The quantitative estimate of drug-likeness (QED) is 0.123. The molecule has 0 radical (unpaired) electrons. The highest BCUT2D eigenvalue weighted by Gasteiger charge is 1.57.